The fraction of sp³-hybridized carbons (Fsp3) is 0. The Balaban J connectivity index is 2.39. The van der Waals surface area contributed by atoms with Gasteiger partial charge in [-0.2, -0.15) is 5.26 Å². The summed E-state index contributed by atoms with van der Waals surface area (Å²) in [5, 5.41) is 9.92. The summed E-state index contributed by atoms with van der Waals surface area (Å²) < 4.78 is 5.60. The highest BCUT2D eigenvalue weighted by atomic mass is 35.5. The van der Waals surface area contributed by atoms with Crippen LogP contribution < -0.4 is 5.73 Å². The van der Waals surface area contributed by atoms with E-state index in [0.29, 0.717) is 21.6 Å². The second kappa shape index (κ2) is 6.10. The summed E-state index contributed by atoms with van der Waals surface area (Å²) in [7, 11) is 0. The summed E-state index contributed by atoms with van der Waals surface area (Å²) in [6.45, 7) is 0. The molecule has 0 amide bonds. The second-order valence-corrected chi connectivity index (χ2v) is 5.21. The lowest BCUT2D eigenvalue weighted by molar-refractivity contribution is 0.571. The Morgan fingerprint density at radius 2 is 1.90 bits per heavy atom. The zero-order chi connectivity index (χ0) is 14.7. The molecule has 0 saturated carbocycles. The van der Waals surface area contributed by atoms with Crippen molar-refractivity contribution in [2.24, 2.45) is 5.73 Å². The maximum Gasteiger partial charge on any atom is 0.134 e. The molecule has 100 valence electrons. The Hall–Kier alpha value is -1.80. The molecule has 3 nitrogen and oxygen atoms in total. The van der Waals surface area contributed by atoms with Crippen LogP contribution in [0.3, 0.4) is 0 Å². The summed E-state index contributed by atoms with van der Waals surface area (Å²) in [6.07, 6.45) is 1.48. The molecule has 1 aromatic carbocycles. The molecule has 20 heavy (non-hydrogen) atoms. The van der Waals surface area contributed by atoms with Crippen LogP contribution in [0.1, 0.15) is 5.76 Å². The van der Waals surface area contributed by atoms with Crippen LogP contribution in [0.25, 0.3) is 17.4 Å². The van der Waals surface area contributed by atoms with Gasteiger partial charge in [-0.25, -0.2) is 0 Å². The molecule has 2 aromatic rings. The molecule has 0 saturated heterocycles. The van der Waals surface area contributed by atoms with E-state index in [4.69, 9.17) is 50.8 Å². The van der Waals surface area contributed by atoms with Crippen molar-refractivity contribution in [3.05, 3.63) is 51.7 Å². The summed E-state index contributed by atoms with van der Waals surface area (Å²) in [6, 6.07) is 10.5. The summed E-state index contributed by atoms with van der Waals surface area (Å²) in [4.78, 5) is 0.0243. The van der Waals surface area contributed by atoms with Crippen LogP contribution in [0.15, 0.2) is 40.3 Å². The average molecular weight is 323 g/mol. The molecule has 1 heterocycles. The van der Waals surface area contributed by atoms with E-state index in [1.165, 1.54) is 6.08 Å². The number of nitrogens with two attached hydrogens (primary N) is 1. The highest BCUT2D eigenvalue weighted by molar-refractivity contribution is 7.80. The van der Waals surface area contributed by atoms with Crippen LogP contribution in [-0.2, 0) is 0 Å². The Kier molecular flexibility index (Phi) is 4.46. The van der Waals surface area contributed by atoms with Crippen molar-refractivity contribution < 1.29 is 4.42 Å². The quantitative estimate of drug-likeness (QED) is 0.515. The number of benzene rings is 1. The van der Waals surface area contributed by atoms with E-state index in [-0.39, 0.29) is 10.6 Å². The van der Waals surface area contributed by atoms with E-state index in [1.807, 2.05) is 6.07 Å². The van der Waals surface area contributed by atoms with E-state index in [2.05, 4.69) is 0 Å². The number of thiocarbonyl (C=S) groups is 1. The number of halogens is 2. The fourth-order valence-electron chi connectivity index (χ4n) is 1.58. The number of nitrogens with zero attached hydrogens (tertiary/aromatic N) is 1. The molecular formula is C14H8Cl2N2OS. The highest BCUT2D eigenvalue weighted by Crippen LogP contribution is 2.29. The maximum absolute atomic E-state index is 8.89. The van der Waals surface area contributed by atoms with E-state index in [0.717, 1.165) is 5.56 Å². The highest BCUT2D eigenvalue weighted by Gasteiger charge is 2.07. The molecule has 1 aromatic heterocycles. The fourth-order valence-corrected chi connectivity index (χ4v) is 2.21. The minimum Gasteiger partial charge on any atom is -0.457 e. The smallest absolute Gasteiger partial charge is 0.134 e. The Morgan fingerprint density at radius 3 is 2.45 bits per heavy atom. The molecule has 2 rings (SSSR count). The number of furan rings is 1. The van der Waals surface area contributed by atoms with Gasteiger partial charge in [0.25, 0.3) is 0 Å². The average Bonchev–Trinajstić information content (AvgIpc) is 2.83. The van der Waals surface area contributed by atoms with Gasteiger partial charge in [-0.1, -0.05) is 35.4 Å². The van der Waals surface area contributed by atoms with Crippen molar-refractivity contribution in [2.45, 2.75) is 0 Å². The monoisotopic (exact) mass is 322 g/mol. The van der Waals surface area contributed by atoms with Crippen LogP contribution in [0, 0.1) is 11.3 Å². The molecule has 0 spiro atoms. The van der Waals surface area contributed by atoms with Gasteiger partial charge >= 0.3 is 0 Å². The standard InChI is InChI=1S/C14H8Cl2N2OS/c15-10-3-8(4-11(16)6-10)13-2-1-12(19-13)5-9(7-17)14(18)20/h1-6H,(H2,18,20). The van der Waals surface area contributed by atoms with Gasteiger partial charge in [0.2, 0.25) is 0 Å². The zero-order valence-corrected chi connectivity index (χ0v) is 12.4. The molecular weight excluding hydrogens is 315 g/mol. The third kappa shape index (κ3) is 3.40. The number of hydrogen-bond donors (Lipinski definition) is 1. The summed E-state index contributed by atoms with van der Waals surface area (Å²) in [5.41, 5.74) is 6.35. The Bertz CT molecular complexity index is 724. The minimum absolute atomic E-state index is 0.0243. The molecule has 2 N–H and O–H groups in total. The molecule has 0 aliphatic heterocycles. The topological polar surface area (TPSA) is 63.0 Å². The van der Waals surface area contributed by atoms with E-state index in [1.54, 1.807) is 30.3 Å². The predicted octanol–water partition coefficient (Wildman–Crippen LogP) is 4.45. The van der Waals surface area contributed by atoms with Gasteiger partial charge in [0.05, 0.1) is 5.57 Å². The Labute approximate surface area is 131 Å². The van der Waals surface area contributed by atoms with Gasteiger partial charge in [-0.05, 0) is 30.3 Å². The molecule has 0 radical (unpaired) electrons. The predicted molar refractivity (Wildman–Crippen MR) is 84.5 cm³/mol. The third-order valence-electron chi connectivity index (χ3n) is 2.45. The summed E-state index contributed by atoms with van der Waals surface area (Å²) >= 11 is 16.6. The molecule has 0 fully saturated rings. The number of nitriles is 1. The molecule has 0 atom stereocenters. The van der Waals surface area contributed by atoms with Crippen LogP contribution in [-0.4, -0.2) is 4.99 Å². The maximum atomic E-state index is 8.89. The molecule has 0 aliphatic rings. The van der Waals surface area contributed by atoms with Crippen molar-refractivity contribution in [1.29, 1.82) is 5.26 Å². The van der Waals surface area contributed by atoms with E-state index >= 15 is 0 Å². The first-order valence-corrected chi connectivity index (χ1v) is 6.64. The van der Waals surface area contributed by atoms with Crippen molar-refractivity contribution in [3.63, 3.8) is 0 Å². The van der Waals surface area contributed by atoms with Gasteiger partial charge < -0.3 is 10.2 Å². The summed E-state index contributed by atoms with van der Waals surface area (Å²) in [5.74, 6) is 1.06. The first kappa shape index (κ1) is 14.6. The zero-order valence-electron chi connectivity index (χ0n) is 10.1. The molecule has 6 heteroatoms. The molecule has 0 unspecified atom stereocenters. The first-order chi connectivity index (χ1) is 9.49. The van der Waals surface area contributed by atoms with Crippen molar-refractivity contribution in [2.75, 3.05) is 0 Å². The van der Waals surface area contributed by atoms with Gasteiger partial charge in [-0.15, -0.1) is 0 Å². The lowest BCUT2D eigenvalue weighted by Gasteiger charge is -1.99. The lowest BCUT2D eigenvalue weighted by Crippen LogP contribution is -2.09. The van der Waals surface area contributed by atoms with Gasteiger partial charge in [-0.3, -0.25) is 0 Å². The molecule has 0 bridgehead atoms. The van der Waals surface area contributed by atoms with Crippen molar-refractivity contribution >= 4 is 46.5 Å². The molecule has 0 aliphatic carbocycles. The van der Waals surface area contributed by atoms with Crippen LogP contribution >= 0.6 is 35.4 Å². The van der Waals surface area contributed by atoms with Gasteiger partial charge in [0.1, 0.15) is 22.6 Å². The van der Waals surface area contributed by atoms with E-state index in [9.17, 15) is 0 Å². The Morgan fingerprint density at radius 1 is 1.25 bits per heavy atom. The van der Waals surface area contributed by atoms with Gasteiger partial charge in [0.15, 0.2) is 0 Å². The normalized spacial score (nSPS) is 11.2. The van der Waals surface area contributed by atoms with Crippen LogP contribution in [0.2, 0.25) is 10.0 Å². The largest absolute Gasteiger partial charge is 0.457 e. The number of hydrogen-bond acceptors (Lipinski definition) is 3. The first-order valence-electron chi connectivity index (χ1n) is 5.47. The van der Waals surface area contributed by atoms with E-state index < -0.39 is 0 Å². The minimum atomic E-state index is 0.0243. The number of rotatable bonds is 3. The van der Waals surface area contributed by atoms with Crippen molar-refractivity contribution in [3.8, 4) is 17.4 Å². The SMILES string of the molecule is N#CC(=Cc1ccc(-c2cc(Cl)cc(Cl)c2)o1)C(N)=S. The second-order valence-electron chi connectivity index (χ2n) is 3.89. The van der Waals surface area contributed by atoms with Crippen molar-refractivity contribution in [1.82, 2.24) is 0 Å². The lowest BCUT2D eigenvalue weighted by atomic mass is 10.2. The van der Waals surface area contributed by atoms with Crippen LogP contribution in [0.4, 0.5) is 0 Å². The third-order valence-corrected chi connectivity index (χ3v) is 3.10. The van der Waals surface area contributed by atoms with Gasteiger partial charge in [0, 0.05) is 21.7 Å². The van der Waals surface area contributed by atoms with Crippen LogP contribution in [0.5, 0.6) is 0 Å².